The first kappa shape index (κ1) is 43.1. The van der Waals surface area contributed by atoms with Gasteiger partial charge < -0.3 is 9.47 Å². The van der Waals surface area contributed by atoms with Gasteiger partial charge in [-0.25, -0.2) is 17.6 Å². The first-order chi connectivity index (χ1) is 22.3. The van der Waals surface area contributed by atoms with Crippen LogP contribution in [-0.2, 0) is 22.3 Å². The molecule has 2 rings (SSSR count). The SMILES string of the molecule is CCCCCCCCC(Cc1cc(F)cc(F)c1)C(C)(C)OC.CCCCCCCCC(Cc1cc(F)cc(F)c1)C(C)(C)OCC. The van der Waals surface area contributed by atoms with Crippen LogP contribution in [0.1, 0.15) is 149 Å². The molecule has 0 fully saturated rings. The normalized spacial score (nSPS) is 13.3. The van der Waals surface area contributed by atoms with Crippen molar-refractivity contribution in [2.24, 2.45) is 11.8 Å². The van der Waals surface area contributed by atoms with Crippen LogP contribution in [0.5, 0.6) is 0 Å². The molecule has 0 saturated heterocycles. The summed E-state index contributed by atoms with van der Waals surface area (Å²) >= 11 is 0. The third-order valence-corrected chi connectivity index (χ3v) is 9.63. The fraction of sp³-hybridized carbons (Fsp3) is 0.707. The molecule has 2 unspecified atom stereocenters. The van der Waals surface area contributed by atoms with Crippen molar-refractivity contribution in [2.45, 2.75) is 162 Å². The zero-order valence-corrected chi connectivity index (χ0v) is 31.0. The molecular weight excluding hydrogens is 600 g/mol. The van der Waals surface area contributed by atoms with Gasteiger partial charge in [-0.05, 0) is 108 Å². The van der Waals surface area contributed by atoms with E-state index in [1.165, 1.54) is 88.5 Å². The first-order valence-electron chi connectivity index (χ1n) is 18.4. The van der Waals surface area contributed by atoms with Gasteiger partial charge in [0.05, 0.1) is 11.2 Å². The minimum atomic E-state index is -0.506. The number of methoxy groups -OCH3 is 1. The van der Waals surface area contributed by atoms with Crippen LogP contribution in [0, 0.1) is 35.1 Å². The standard InChI is InChI=1S/C21H34F2O.C20H32F2O/c1-5-7-8-9-10-11-12-18(21(3,4)24-6-2)13-17-14-19(22)16-20(23)15-17;1-5-6-7-8-9-10-11-17(20(2,3)23-4)12-16-13-18(21)15-19(22)14-16/h14-16,18H,5-13H2,1-4H3;13-15,17H,5-12H2,1-4H3. The maximum absolute atomic E-state index is 13.5. The molecular formula is C41H66F4O2. The average Bonchev–Trinajstić information content (AvgIpc) is 2.98. The predicted molar refractivity (Wildman–Crippen MR) is 190 cm³/mol. The number of hydrogen-bond acceptors (Lipinski definition) is 2. The van der Waals surface area contributed by atoms with Crippen LogP contribution in [0.4, 0.5) is 17.6 Å². The van der Waals surface area contributed by atoms with Gasteiger partial charge in [-0.2, -0.15) is 0 Å². The summed E-state index contributed by atoms with van der Waals surface area (Å²) in [5, 5.41) is 0. The Kier molecular flexibility index (Phi) is 21.5. The van der Waals surface area contributed by atoms with E-state index in [1.807, 2.05) is 6.92 Å². The van der Waals surface area contributed by atoms with Crippen molar-refractivity contribution in [3.8, 4) is 0 Å². The Labute approximate surface area is 285 Å². The van der Waals surface area contributed by atoms with Crippen molar-refractivity contribution in [2.75, 3.05) is 13.7 Å². The van der Waals surface area contributed by atoms with E-state index in [0.29, 0.717) is 25.0 Å². The van der Waals surface area contributed by atoms with Crippen LogP contribution in [0.25, 0.3) is 0 Å². The summed E-state index contributed by atoms with van der Waals surface area (Å²) in [6, 6.07) is 7.61. The van der Waals surface area contributed by atoms with Gasteiger partial charge >= 0.3 is 0 Å². The van der Waals surface area contributed by atoms with E-state index in [1.54, 1.807) is 7.11 Å². The second-order valence-electron chi connectivity index (χ2n) is 14.3. The van der Waals surface area contributed by atoms with E-state index in [0.717, 1.165) is 43.4 Å². The van der Waals surface area contributed by atoms with Crippen molar-refractivity contribution in [1.82, 2.24) is 0 Å². The van der Waals surface area contributed by atoms with Crippen molar-refractivity contribution >= 4 is 0 Å². The molecule has 0 radical (unpaired) electrons. The van der Waals surface area contributed by atoms with Crippen molar-refractivity contribution in [1.29, 1.82) is 0 Å². The molecule has 0 bridgehead atoms. The lowest BCUT2D eigenvalue weighted by atomic mass is 9.81. The van der Waals surface area contributed by atoms with Gasteiger partial charge in [-0.3, -0.25) is 0 Å². The monoisotopic (exact) mass is 666 g/mol. The Hall–Kier alpha value is -1.92. The second-order valence-corrected chi connectivity index (χ2v) is 14.3. The molecule has 0 saturated carbocycles. The third-order valence-electron chi connectivity index (χ3n) is 9.63. The molecule has 2 aromatic rings. The number of ether oxygens (including phenoxy) is 2. The minimum Gasteiger partial charge on any atom is -0.379 e. The number of hydrogen-bond donors (Lipinski definition) is 0. The van der Waals surface area contributed by atoms with Crippen LogP contribution >= 0.6 is 0 Å². The molecule has 0 N–H and O–H groups in total. The Morgan fingerprint density at radius 3 is 1.19 bits per heavy atom. The third kappa shape index (κ3) is 18.4. The van der Waals surface area contributed by atoms with Crippen molar-refractivity contribution in [3.63, 3.8) is 0 Å². The highest BCUT2D eigenvalue weighted by atomic mass is 19.1. The zero-order chi connectivity index (χ0) is 35.3. The van der Waals surface area contributed by atoms with E-state index in [9.17, 15) is 17.6 Å². The highest BCUT2D eigenvalue weighted by molar-refractivity contribution is 5.20. The Morgan fingerprint density at radius 2 is 0.851 bits per heavy atom. The van der Waals surface area contributed by atoms with E-state index in [2.05, 4.69) is 41.5 Å². The molecule has 2 aromatic carbocycles. The number of halogens is 4. The maximum atomic E-state index is 13.5. The van der Waals surface area contributed by atoms with Crippen LogP contribution in [-0.4, -0.2) is 24.9 Å². The molecule has 0 aliphatic heterocycles. The van der Waals surface area contributed by atoms with Gasteiger partial charge in [0.1, 0.15) is 23.3 Å². The molecule has 0 aliphatic carbocycles. The smallest absolute Gasteiger partial charge is 0.126 e. The molecule has 0 amide bonds. The fourth-order valence-corrected chi connectivity index (χ4v) is 6.42. The second kappa shape index (κ2) is 23.4. The number of benzene rings is 2. The molecule has 6 heteroatoms. The topological polar surface area (TPSA) is 18.5 Å². The van der Waals surface area contributed by atoms with E-state index >= 15 is 0 Å². The Balaban J connectivity index is 0.000000470. The Bertz CT molecular complexity index is 1060. The minimum absolute atomic E-state index is 0.250. The molecule has 270 valence electrons. The lowest BCUT2D eigenvalue weighted by molar-refractivity contribution is -0.0574. The highest BCUT2D eigenvalue weighted by Gasteiger charge is 2.30. The summed E-state index contributed by atoms with van der Waals surface area (Å²) in [7, 11) is 1.71. The van der Waals surface area contributed by atoms with Crippen molar-refractivity contribution in [3.05, 3.63) is 70.8 Å². The number of rotatable bonds is 23. The van der Waals surface area contributed by atoms with Crippen LogP contribution in [0.2, 0.25) is 0 Å². The van der Waals surface area contributed by atoms with Crippen LogP contribution in [0.3, 0.4) is 0 Å². The predicted octanol–water partition coefficient (Wildman–Crippen LogP) is 13.0. The summed E-state index contributed by atoms with van der Waals surface area (Å²) in [5.74, 6) is -1.51. The molecule has 47 heavy (non-hydrogen) atoms. The largest absolute Gasteiger partial charge is 0.379 e. The van der Waals surface area contributed by atoms with E-state index in [-0.39, 0.29) is 23.0 Å². The fourth-order valence-electron chi connectivity index (χ4n) is 6.42. The van der Waals surface area contributed by atoms with Gasteiger partial charge in [0, 0.05) is 25.8 Å². The number of unbranched alkanes of at least 4 members (excludes halogenated alkanes) is 10. The molecule has 2 nitrogen and oxygen atoms in total. The van der Waals surface area contributed by atoms with Gasteiger partial charge in [0.25, 0.3) is 0 Å². The van der Waals surface area contributed by atoms with Crippen LogP contribution < -0.4 is 0 Å². The van der Waals surface area contributed by atoms with Crippen LogP contribution in [0.15, 0.2) is 36.4 Å². The summed E-state index contributed by atoms with van der Waals surface area (Å²) < 4.78 is 65.3. The quantitative estimate of drug-likeness (QED) is 0.0868. The highest BCUT2D eigenvalue weighted by Crippen LogP contribution is 2.32. The van der Waals surface area contributed by atoms with Gasteiger partial charge in [-0.1, -0.05) is 90.9 Å². The summed E-state index contributed by atoms with van der Waals surface area (Å²) in [4.78, 5) is 0. The van der Waals surface area contributed by atoms with Crippen molar-refractivity contribution < 1.29 is 27.0 Å². The molecule has 0 heterocycles. The van der Waals surface area contributed by atoms with Gasteiger partial charge in [0.15, 0.2) is 0 Å². The summed E-state index contributed by atoms with van der Waals surface area (Å²) in [5.41, 5.74) is 0.840. The molecule has 0 aliphatic rings. The maximum Gasteiger partial charge on any atom is 0.126 e. The molecule has 0 spiro atoms. The van der Waals surface area contributed by atoms with Gasteiger partial charge in [0.2, 0.25) is 0 Å². The summed E-state index contributed by atoms with van der Waals surface area (Å²) in [6.45, 7) is 15.4. The average molecular weight is 667 g/mol. The van der Waals surface area contributed by atoms with E-state index in [4.69, 9.17) is 9.47 Å². The van der Waals surface area contributed by atoms with Gasteiger partial charge in [-0.15, -0.1) is 0 Å². The molecule has 0 aromatic heterocycles. The lowest BCUT2D eigenvalue weighted by Crippen LogP contribution is -2.36. The summed E-state index contributed by atoms with van der Waals surface area (Å²) in [6.07, 6.45) is 18.3. The first-order valence-corrected chi connectivity index (χ1v) is 18.4. The molecule has 2 atom stereocenters. The Morgan fingerprint density at radius 1 is 0.511 bits per heavy atom. The van der Waals surface area contributed by atoms with E-state index < -0.39 is 23.3 Å². The lowest BCUT2D eigenvalue weighted by Gasteiger charge is -2.34. The zero-order valence-electron chi connectivity index (χ0n) is 31.0.